The number of aliphatic carboxylic acids is 1. The molecule has 6 heteroatoms. The fraction of sp³-hybridized carbons (Fsp3) is 0.667. The first-order valence-corrected chi connectivity index (χ1v) is 3.60. The van der Waals surface area contributed by atoms with E-state index in [4.69, 9.17) is 22.4 Å². The largest absolute Gasteiger partial charge is 0.480 e. The lowest BCUT2D eigenvalue weighted by molar-refractivity contribution is -0.138. The standard InChI is InChI=1S/C3H5ClO2.C3H7NO2/c1-2-6-3(4)5;1-2(4)3(5)6/h2H2,1H3;2H,4H2,1H3,(H,5,6). The second-order valence-electron chi connectivity index (χ2n) is 1.80. The fourth-order valence-corrected chi connectivity index (χ4v) is 0.223. The zero-order valence-electron chi connectivity index (χ0n) is 6.91. The van der Waals surface area contributed by atoms with E-state index >= 15 is 0 Å². The molecule has 5 nitrogen and oxygen atoms in total. The maximum atomic E-state index is 9.59. The van der Waals surface area contributed by atoms with Gasteiger partial charge in [0.05, 0.1) is 6.61 Å². The Bertz CT molecular complexity index is 148. The second-order valence-corrected chi connectivity index (χ2v) is 2.11. The van der Waals surface area contributed by atoms with E-state index in [0.717, 1.165) is 0 Å². The molecule has 0 bridgehead atoms. The van der Waals surface area contributed by atoms with Crippen molar-refractivity contribution in [2.45, 2.75) is 19.9 Å². The van der Waals surface area contributed by atoms with Crippen LogP contribution in [0.4, 0.5) is 4.79 Å². The maximum absolute atomic E-state index is 9.59. The lowest BCUT2D eigenvalue weighted by Crippen LogP contribution is -2.25. The Morgan fingerprint density at radius 1 is 1.67 bits per heavy atom. The highest BCUT2D eigenvalue weighted by Crippen LogP contribution is 1.82. The normalized spacial score (nSPS) is 10.7. The number of nitrogens with two attached hydrogens (primary N) is 1. The van der Waals surface area contributed by atoms with Crippen LogP contribution in [0.1, 0.15) is 13.8 Å². The average molecular weight is 198 g/mol. The molecule has 12 heavy (non-hydrogen) atoms. The predicted octanol–water partition coefficient (Wildman–Crippen LogP) is 0.800. The van der Waals surface area contributed by atoms with Crippen molar-refractivity contribution < 1.29 is 19.4 Å². The molecule has 0 radical (unpaired) electrons. The first kappa shape index (κ1) is 13.8. The van der Waals surface area contributed by atoms with Crippen molar-refractivity contribution in [1.82, 2.24) is 0 Å². The summed E-state index contributed by atoms with van der Waals surface area (Å²) in [6.07, 6.45) is 0. The van der Waals surface area contributed by atoms with Crippen LogP contribution >= 0.6 is 11.6 Å². The molecule has 0 aromatic heterocycles. The molecule has 0 aliphatic heterocycles. The Morgan fingerprint density at radius 3 is 2.00 bits per heavy atom. The van der Waals surface area contributed by atoms with Crippen LogP contribution in [0.15, 0.2) is 0 Å². The maximum Gasteiger partial charge on any atom is 0.403 e. The monoisotopic (exact) mass is 197 g/mol. The summed E-state index contributed by atoms with van der Waals surface area (Å²) in [5.74, 6) is -0.963. The van der Waals surface area contributed by atoms with Crippen LogP contribution < -0.4 is 5.73 Å². The molecule has 1 unspecified atom stereocenters. The summed E-state index contributed by atoms with van der Waals surface area (Å²) in [7, 11) is 0. The van der Waals surface area contributed by atoms with Crippen molar-refractivity contribution in [2.75, 3.05) is 6.61 Å². The van der Waals surface area contributed by atoms with Crippen molar-refractivity contribution in [3.8, 4) is 0 Å². The predicted molar refractivity (Wildman–Crippen MR) is 44.2 cm³/mol. The summed E-state index contributed by atoms with van der Waals surface area (Å²) in [5, 5.41) is 7.87. The van der Waals surface area contributed by atoms with E-state index in [-0.39, 0.29) is 0 Å². The van der Waals surface area contributed by atoms with Crippen LogP contribution in [-0.4, -0.2) is 29.2 Å². The second kappa shape index (κ2) is 8.29. The van der Waals surface area contributed by atoms with Crippen molar-refractivity contribution >= 4 is 23.0 Å². The van der Waals surface area contributed by atoms with Crippen LogP contribution in [0.25, 0.3) is 0 Å². The smallest absolute Gasteiger partial charge is 0.403 e. The number of hydrogen-bond donors (Lipinski definition) is 2. The van der Waals surface area contributed by atoms with Gasteiger partial charge in [-0.2, -0.15) is 0 Å². The fourth-order valence-electron chi connectivity index (χ4n) is 0.113. The summed E-state index contributed by atoms with van der Waals surface area (Å²) in [6.45, 7) is 3.46. The van der Waals surface area contributed by atoms with Crippen LogP contribution in [0.2, 0.25) is 0 Å². The molecule has 0 aliphatic rings. The van der Waals surface area contributed by atoms with Gasteiger partial charge in [0.1, 0.15) is 6.04 Å². The molecule has 72 valence electrons. The molecule has 0 aromatic rings. The number of halogens is 1. The van der Waals surface area contributed by atoms with E-state index in [1.54, 1.807) is 6.92 Å². The molecule has 0 amide bonds. The molecule has 0 heterocycles. The molecule has 0 saturated heterocycles. The average Bonchev–Trinajstić information content (AvgIpc) is 1.87. The van der Waals surface area contributed by atoms with Crippen molar-refractivity contribution in [1.29, 1.82) is 0 Å². The lowest BCUT2D eigenvalue weighted by atomic mass is 10.4. The van der Waals surface area contributed by atoms with Crippen LogP contribution in [-0.2, 0) is 9.53 Å². The minimum absolute atomic E-state index is 0.350. The third-order valence-corrected chi connectivity index (χ3v) is 0.756. The molecule has 0 aliphatic carbocycles. The Balaban J connectivity index is 0. The molecule has 0 spiro atoms. The van der Waals surface area contributed by atoms with Gasteiger partial charge in [-0.1, -0.05) is 0 Å². The first-order chi connectivity index (χ1) is 5.41. The van der Waals surface area contributed by atoms with Gasteiger partial charge in [-0.05, 0) is 13.8 Å². The van der Waals surface area contributed by atoms with Crippen LogP contribution in [0.3, 0.4) is 0 Å². The number of carbonyl (C=O) groups is 2. The molecule has 0 saturated carbocycles. The summed E-state index contributed by atoms with van der Waals surface area (Å²) >= 11 is 4.72. The summed E-state index contributed by atoms with van der Waals surface area (Å²) < 4.78 is 4.17. The van der Waals surface area contributed by atoms with E-state index in [0.29, 0.717) is 6.61 Å². The van der Waals surface area contributed by atoms with E-state index in [1.165, 1.54) is 6.92 Å². The number of hydrogen-bond acceptors (Lipinski definition) is 4. The van der Waals surface area contributed by atoms with Gasteiger partial charge < -0.3 is 15.6 Å². The van der Waals surface area contributed by atoms with Gasteiger partial charge in [-0.15, -0.1) is 0 Å². The summed E-state index contributed by atoms with van der Waals surface area (Å²) in [5.41, 5.74) is 4.10. The van der Waals surface area contributed by atoms with Gasteiger partial charge in [0, 0.05) is 11.6 Å². The quantitative estimate of drug-likeness (QED) is 0.639. The summed E-state index contributed by atoms with van der Waals surface area (Å²) in [4.78, 5) is 19.2. The van der Waals surface area contributed by atoms with Gasteiger partial charge in [-0.25, -0.2) is 4.79 Å². The molecule has 3 N–H and O–H groups in total. The molecular weight excluding hydrogens is 186 g/mol. The minimum atomic E-state index is -0.963. The number of carbonyl (C=O) groups excluding carboxylic acids is 1. The van der Waals surface area contributed by atoms with Gasteiger partial charge in [0.2, 0.25) is 0 Å². The van der Waals surface area contributed by atoms with Crippen molar-refractivity contribution in [3.05, 3.63) is 0 Å². The first-order valence-electron chi connectivity index (χ1n) is 3.22. The van der Waals surface area contributed by atoms with Crippen LogP contribution in [0.5, 0.6) is 0 Å². The molecule has 1 atom stereocenters. The van der Waals surface area contributed by atoms with Gasteiger partial charge in [-0.3, -0.25) is 4.79 Å². The highest BCUT2D eigenvalue weighted by atomic mass is 35.5. The van der Waals surface area contributed by atoms with Gasteiger partial charge in [0.25, 0.3) is 0 Å². The van der Waals surface area contributed by atoms with E-state index in [1.807, 2.05) is 0 Å². The highest BCUT2D eigenvalue weighted by molar-refractivity contribution is 6.61. The van der Waals surface area contributed by atoms with E-state index < -0.39 is 17.4 Å². The number of carboxylic acid groups (broad SMARTS) is 1. The van der Waals surface area contributed by atoms with Crippen molar-refractivity contribution in [2.24, 2.45) is 5.73 Å². The van der Waals surface area contributed by atoms with Crippen LogP contribution in [0, 0.1) is 0 Å². The van der Waals surface area contributed by atoms with Crippen molar-refractivity contribution in [3.63, 3.8) is 0 Å². The Labute approximate surface area is 75.4 Å². The number of carboxylic acids is 1. The Hall–Kier alpha value is -0.810. The third-order valence-electron chi connectivity index (χ3n) is 0.647. The topological polar surface area (TPSA) is 89.6 Å². The molecule has 0 fully saturated rings. The molecular formula is C6H12ClNO4. The van der Waals surface area contributed by atoms with Gasteiger partial charge in [0.15, 0.2) is 0 Å². The number of ether oxygens (including phenoxy) is 1. The molecule has 0 aromatic carbocycles. The zero-order valence-corrected chi connectivity index (χ0v) is 7.67. The Kier molecular flexibility index (Phi) is 9.50. The number of rotatable bonds is 2. The minimum Gasteiger partial charge on any atom is -0.480 e. The zero-order chi connectivity index (χ0) is 10.1. The summed E-state index contributed by atoms with van der Waals surface area (Å²) in [6, 6.07) is -0.731. The molecule has 0 rings (SSSR count). The van der Waals surface area contributed by atoms with Gasteiger partial charge >= 0.3 is 11.4 Å². The SMILES string of the molecule is CC(N)C(=O)O.CCOC(=O)Cl. The highest BCUT2D eigenvalue weighted by Gasteiger charge is 1.99. The third kappa shape index (κ3) is 16.1. The van der Waals surface area contributed by atoms with E-state index in [9.17, 15) is 9.59 Å². The lowest BCUT2D eigenvalue weighted by Gasteiger charge is -1.90. The van der Waals surface area contributed by atoms with E-state index in [2.05, 4.69) is 4.74 Å². The Morgan fingerprint density at radius 2 is 2.00 bits per heavy atom.